The zero-order valence-electron chi connectivity index (χ0n) is 13.5. The second-order valence-corrected chi connectivity index (χ2v) is 6.29. The van der Waals surface area contributed by atoms with E-state index in [0.717, 1.165) is 9.26 Å². The Balaban J connectivity index is 1.95. The van der Waals surface area contributed by atoms with Gasteiger partial charge in [-0.05, 0) is 59.0 Å². The molecule has 126 valence electrons. The van der Waals surface area contributed by atoms with Gasteiger partial charge < -0.3 is 14.8 Å². The van der Waals surface area contributed by atoms with Gasteiger partial charge in [0.25, 0.3) is 0 Å². The molecule has 0 aromatic heterocycles. The summed E-state index contributed by atoms with van der Waals surface area (Å²) < 4.78 is 11.4. The van der Waals surface area contributed by atoms with E-state index in [1.165, 1.54) is 7.11 Å². The molecule has 1 N–H and O–H groups in total. The maximum atomic E-state index is 12.3. The summed E-state index contributed by atoms with van der Waals surface area (Å²) in [7, 11) is 3.04. The van der Waals surface area contributed by atoms with Crippen molar-refractivity contribution in [2.75, 3.05) is 19.5 Å². The first-order chi connectivity index (χ1) is 11.5. The summed E-state index contributed by atoms with van der Waals surface area (Å²) in [5.41, 5.74) is 1.16. The van der Waals surface area contributed by atoms with Crippen LogP contribution in [0.1, 0.15) is 23.2 Å². The zero-order chi connectivity index (χ0) is 17.5. The molecule has 1 amide bonds. The molecule has 0 heterocycles. The molecule has 0 radical (unpaired) electrons. The number of halogens is 1. The Kier molecular flexibility index (Phi) is 6.60. The minimum atomic E-state index is -0.197. The lowest BCUT2D eigenvalue weighted by Gasteiger charge is -2.10. The molecule has 0 saturated heterocycles. The number of nitrogens with one attached hydrogen (secondary N) is 1. The number of hydrogen-bond donors (Lipinski definition) is 1. The highest BCUT2D eigenvalue weighted by Crippen LogP contribution is 2.26. The van der Waals surface area contributed by atoms with E-state index in [1.54, 1.807) is 25.3 Å². The molecule has 5 nitrogen and oxygen atoms in total. The van der Waals surface area contributed by atoms with Gasteiger partial charge in [0.15, 0.2) is 5.78 Å². The molecule has 0 aliphatic carbocycles. The Hall–Kier alpha value is -2.09. The molecule has 6 heteroatoms. The highest BCUT2D eigenvalue weighted by Gasteiger charge is 2.15. The molecular weight excluding hydrogens is 421 g/mol. The van der Waals surface area contributed by atoms with Crippen molar-refractivity contribution in [1.29, 1.82) is 0 Å². The van der Waals surface area contributed by atoms with E-state index in [0.29, 0.717) is 17.1 Å². The van der Waals surface area contributed by atoms with Crippen molar-refractivity contribution in [3.8, 4) is 11.5 Å². The number of carbonyl (C=O) groups is 2. The van der Waals surface area contributed by atoms with E-state index in [1.807, 2.05) is 24.3 Å². The first-order valence-electron chi connectivity index (χ1n) is 7.34. The summed E-state index contributed by atoms with van der Waals surface area (Å²) in [6.45, 7) is 0. The van der Waals surface area contributed by atoms with Crippen LogP contribution in [0.3, 0.4) is 0 Å². The highest BCUT2D eigenvalue weighted by atomic mass is 127. The summed E-state index contributed by atoms with van der Waals surface area (Å²) in [5, 5.41) is 2.78. The lowest BCUT2D eigenvalue weighted by Crippen LogP contribution is -2.13. The average Bonchev–Trinajstić information content (AvgIpc) is 2.61. The predicted molar refractivity (Wildman–Crippen MR) is 101 cm³/mol. The third-order valence-corrected chi connectivity index (χ3v) is 4.14. The quantitative estimate of drug-likeness (QED) is 0.525. The van der Waals surface area contributed by atoms with Crippen LogP contribution in [-0.2, 0) is 4.79 Å². The molecule has 0 aliphatic heterocycles. The van der Waals surface area contributed by atoms with Crippen LogP contribution in [0.5, 0.6) is 11.5 Å². The smallest absolute Gasteiger partial charge is 0.224 e. The van der Waals surface area contributed by atoms with Crippen LogP contribution >= 0.6 is 22.6 Å². The van der Waals surface area contributed by atoms with Crippen LogP contribution in [0, 0.1) is 3.57 Å². The number of hydrogen-bond acceptors (Lipinski definition) is 4. The van der Waals surface area contributed by atoms with E-state index in [2.05, 4.69) is 27.9 Å². The molecule has 0 aliphatic rings. The van der Waals surface area contributed by atoms with Crippen molar-refractivity contribution < 1.29 is 19.1 Å². The first-order valence-corrected chi connectivity index (χ1v) is 8.42. The van der Waals surface area contributed by atoms with Gasteiger partial charge in [0.2, 0.25) is 5.91 Å². The van der Waals surface area contributed by atoms with Gasteiger partial charge in [0, 0.05) is 28.2 Å². The van der Waals surface area contributed by atoms with Crippen LogP contribution in [0.4, 0.5) is 5.69 Å². The molecule has 2 aromatic carbocycles. The minimum absolute atomic E-state index is 0.110. The summed E-state index contributed by atoms with van der Waals surface area (Å²) >= 11 is 2.20. The second kappa shape index (κ2) is 8.68. The Morgan fingerprint density at radius 3 is 2.33 bits per heavy atom. The molecule has 0 atom stereocenters. The van der Waals surface area contributed by atoms with Crippen LogP contribution in [0.25, 0.3) is 0 Å². The maximum absolute atomic E-state index is 12.3. The highest BCUT2D eigenvalue weighted by molar-refractivity contribution is 14.1. The summed E-state index contributed by atoms with van der Waals surface area (Å²) in [5.74, 6) is 0.710. The number of Topliss-reactive ketones (excluding diaryl/α,β-unsaturated/α-hetero) is 1. The van der Waals surface area contributed by atoms with Gasteiger partial charge in [0.05, 0.1) is 19.8 Å². The lowest BCUT2D eigenvalue weighted by atomic mass is 10.0. The molecule has 0 fully saturated rings. The largest absolute Gasteiger partial charge is 0.497 e. The van der Waals surface area contributed by atoms with Crippen LogP contribution in [0.15, 0.2) is 42.5 Å². The van der Waals surface area contributed by atoms with E-state index < -0.39 is 0 Å². The summed E-state index contributed by atoms with van der Waals surface area (Å²) in [6.07, 6.45) is 0.221. The Labute approximate surface area is 154 Å². The van der Waals surface area contributed by atoms with Crippen LogP contribution in [-0.4, -0.2) is 25.9 Å². The number of rotatable bonds is 7. The van der Waals surface area contributed by atoms with Crippen molar-refractivity contribution in [2.45, 2.75) is 12.8 Å². The number of anilines is 1. The summed E-state index contributed by atoms with van der Waals surface area (Å²) in [4.78, 5) is 24.3. The van der Waals surface area contributed by atoms with Crippen molar-refractivity contribution in [3.05, 3.63) is 51.6 Å². The van der Waals surface area contributed by atoms with Gasteiger partial charge in [-0.15, -0.1) is 0 Å². The van der Waals surface area contributed by atoms with Crippen LogP contribution in [0.2, 0.25) is 0 Å². The molecule has 2 rings (SSSR count). The Morgan fingerprint density at radius 1 is 1.00 bits per heavy atom. The van der Waals surface area contributed by atoms with Crippen molar-refractivity contribution in [2.24, 2.45) is 0 Å². The fraction of sp³-hybridized carbons (Fsp3) is 0.222. The number of ketones is 1. The average molecular weight is 439 g/mol. The zero-order valence-corrected chi connectivity index (χ0v) is 15.6. The van der Waals surface area contributed by atoms with Gasteiger partial charge in [-0.25, -0.2) is 0 Å². The molecule has 2 aromatic rings. The molecule has 24 heavy (non-hydrogen) atoms. The Morgan fingerprint density at radius 2 is 1.71 bits per heavy atom. The van der Waals surface area contributed by atoms with E-state index >= 15 is 0 Å². The molecule has 0 bridgehead atoms. The fourth-order valence-corrected chi connectivity index (χ4v) is 2.51. The van der Waals surface area contributed by atoms with E-state index in [9.17, 15) is 9.59 Å². The standard InChI is InChI=1S/C18H18INO4/c1-23-14-7-8-15(17(11-14)24-2)16(21)9-10-18(22)20-13-5-3-12(19)4-6-13/h3-8,11H,9-10H2,1-2H3,(H,20,22). The summed E-state index contributed by atoms with van der Waals surface area (Å²) in [6, 6.07) is 12.5. The number of ether oxygens (including phenoxy) is 2. The SMILES string of the molecule is COc1ccc(C(=O)CCC(=O)Nc2ccc(I)cc2)c(OC)c1. The lowest BCUT2D eigenvalue weighted by molar-refractivity contribution is -0.116. The number of amides is 1. The van der Waals surface area contributed by atoms with E-state index in [4.69, 9.17) is 9.47 Å². The topological polar surface area (TPSA) is 64.6 Å². The number of benzene rings is 2. The Bertz CT molecular complexity index is 728. The molecular formula is C18H18INO4. The van der Waals surface area contributed by atoms with Crippen molar-refractivity contribution >= 4 is 40.0 Å². The predicted octanol–water partition coefficient (Wildman–Crippen LogP) is 3.91. The van der Waals surface area contributed by atoms with Crippen LogP contribution < -0.4 is 14.8 Å². The van der Waals surface area contributed by atoms with Gasteiger partial charge in [-0.2, -0.15) is 0 Å². The molecule has 0 spiro atoms. The number of methoxy groups -OCH3 is 2. The van der Waals surface area contributed by atoms with Gasteiger partial charge in [-0.1, -0.05) is 0 Å². The fourth-order valence-electron chi connectivity index (χ4n) is 2.15. The van der Waals surface area contributed by atoms with Gasteiger partial charge in [-0.3, -0.25) is 9.59 Å². The van der Waals surface area contributed by atoms with Crippen molar-refractivity contribution in [3.63, 3.8) is 0 Å². The normalized spacial score (nSPS) is 10.1. The monoisotopic (exact) mass is 439 g/mol. The maximum Gasteiger partial charge on any atom is 0.224 e. The second-order valence-electron chi connectivity index (χ2n) is 5.04. The number of carbonyl (C=O) groups excluding carboxylic acids is 2. The molecule has 0 unspecified atom stereocenters. The van der Waals surface area contributed by atoms with Gasteiger partial charge >= 0.3 is 0 Å². The molecule has 0 saturated carbocycles. The van der Waals surface area contributed by atoms with Gasteiger partial charge in [0.1, 0.15) is 11.5 Å². The first kappa shape index (κ1) is 18.3. The van der Waals surface area contributed by atoms with E-state index in [-0.39, 0.29) is 24.5 Å². The minimum Gasteiger partial charge on any atom is -0.497 e. The third-order valence-electron chi connectivity index (χ3n) is 3.42. The van der Waals surface area contributed by atoms with Crippen molar-refractivity contribution in [1.82, 2.24) is 0 Å². The third kappa shape index (κ3) is 4.95.